The molecule has 0 aliphatic rings. The van der Waals surface area contributed by atoms with Crippen molar-refractivity contribution in [2.24, 2.45) is 0 Å². The van der Waals surface area contributed by atoms with Crippen LogP contribution in [0.1, 0.15) is 35.9 Å². The fourth-order valence-electron chi connectivity index (χ4n) is 2.21. The number of hydrogen-bond acceptors (Lipinski definition) is 3. The van der Waals surface area contributed by atoms with Crippen LogP contribution in [0.2, 0.25) is 0 Å². The van der Waals surface area contributed by atoms with Crippen molar-refractivity contribution in [3.05, 3.63) is 47.5 Å². The number of rotatable bonds is 6. The van der Waals surface area contributed by atoms with Gasteiger partial charge >= 0.3 is 5.97 Å². The lowest BCUT2D eigenvalue weighted by Crippen LogP contribution is -2.40. The SMILES string of the molecule is CCCC(NC(=O)c1cc(C)n(-c2ccc(F)cc2)n1)C(=O)O. The number of carbonyl (C=O) groups is 2. The summed E-state index contributed by atoms with van der Waals surface area (Å²) in [6, 6.07) is 6.32. The number of benzene rings is 1. The van der Waals surface area contributed by atoms with Crippen LogP contribution in [0.3, 0.4) is 0 Å². The average Bonchev–Trinajstić information content (AvgIpc) is 2.89. The zero-order chi connectivity index (χ0) is 17.0. The van der Waals surface area contributed by atoms with E-state index in [2.05, 4.69) is 10.4 Å². The van der Waals surface area contributed by atoms with Crippen LogP contribution in [-0.4, -0.2) is 32.8 Å². The molecule has 7 heteroatoms. The van der Waals surface area contributed by atoms with E-state index in [1.165, 1.54) is 16.8 Å². The predicted molar refractivity (Wildman–Crippen MR) is 82.1 cm³/mol. The number of amides is 1. The molecule has 1 amide bonds. The summed E-state index contributed by atoms with van der Waals surface area (Å²) < 4.78 is 14.5. The molecule has 0 aliphatic carbocycles. The number of hydrogen-bond donors (Lipinski definition) is 2. The Morgan fingerprint density at radius 3 is 2.57 bits per heavy atom. The van der Waals surface area contributed by atoms with E-state index in [4.69, 9.17) is 5.11 Å². The molecule has 1 heterocycles. The van der Waals surface area contributed by atoms with Gasteiger partial charge in [-0.05, 0) is 43.7 Å². The number of aryl methyl sites for hydroxylation is 1. The van der Waals surface area contributed by atoms with Crippen LogP contribution < -0.4 is 5.32 Å². The van der Waals surface area contributed by atoms with Gasteiger partial charge in [-0.1, -0.05) is 13.3 Å². The largest absolute Gasteiger partial charge is 0.480 e. The smallest absolute Gasteiger partial charge is 0.326 e. The van der Waals surface area contributed by atoms with Crippen LogP contribution in [0.5, 0.6) is 0 Å². The molecule has 0 spiro atoms. The first-order valence-electron chi connectivity index (χ1n) is 7.28. The quantitative estimate of drug-likeness (QED) is 0.855. The number of halogens is 1. The summed E-state index contributed by atoms with van der Waals surface area (Å²) in [7, 11) is 0. The third-order valence-corrected chi connectivity index (χ3v) is 3.37. The summed E-state index contributed by atoms with van der Waals surface area (Å²) in [6.45, 7) is 3.60. The second kappa shape index (κ2) is 7.04. The van der Waals surface area contributed by atoms with Gasteiger partial charge in [0.1, 0.15) is 11.9 Å². The lowest BCUT2D eigenvalue weighted by atomic mass is 10.1. The van der Waals surface area contributed by atoms with Crippen molar-refractivity contribution in [3.8, 4) is 5.69 Å². The second-order valence-corrected chi connectivity index (χ2v) is 5.21. The van der Waals surface area contributed by atoms with Crippen molar-refractivity contribution in [1.29, 1.82) is 0 Å². The van der Waals surface area contributed by atoms with Gasteiger partial charge in [-0.3, -0.25) is 4.79 Å². The number of carbonyl (C=O) groups excluding carboxylic acids is 1. The fraction of sp³-hybridized carbons (Fsp3) is 0.312. The number of carboxylic acid groups (broad SMARTS) is 1. The van der Waals surface area contributed by atoms with Crippen molar-refractivity contribution >= 4 is 11.9 Å². The van der Waals surface area contributed by atoms with Gasteiger partial charge in [-0.15, -0.1) is 0 Å². The minimum Gasteiger partial charge on any atom is -0.480 e. The molecule has 0 radical (unpaired) electrons. The molecular weight excluding hydrogens is 301 g/mol. The van der Waals surface area contributed by atoms with Crippen LogP contribution in [0.4, 0.5) is 4.39 Å². The summed E-state index contributed by atoms with van der Waals surface area (Å²) >= 11 is 0. The molecule has 0 aliphatic heterocycles. The number of aromatic nitrogens is 2. The molecule has 1 atom stereocenters. The number of carboxylic acids is 1. The van der Waals surface area contributed by atoms with Crippen molar-refractivity contribution in [2.75, 3.05) is 0 Å². The van der Waals surface area contributed by atoms with Crippen molar-refractivity contribution in [3.63, 3.8) is 0 Å². The maximum atomic E-state index is 13.0. The summed E-state index contributed by atoms with van der Waals surface area (Å²) in [5, 5.41) is 15.7. The molecule has 0 bridgehead atoms. The highest BCUT2D eigenvalue weighted by molar-refractivity contribution is 5.95. The topological polar surface area (TPSA) is 84.2 Å². The molecule has 1 unspecified atom stereocenters. The molecule has 6 nitrogen and oxygen atoms in total. The molecule has 2 rings (SSSR count). The molecule has 1 aromatic heterocycles. The van der Waals surface area contributed by atoms with E-state index in [9.17, 15) is 14.0 Å². The molecule has 2 N–H and O–H groups in total. The Kier molecular flexibility index (Phi) is 5.10. The molecule has 1 aromatic carbocycles. The van der Waals surface area contributed by atoms with Crippen molar-refractivity contribution < 1.29 is 19.1 Å². The zero-order valence-electron chi connectivity index (χ0n) is 12.9. The van der Waals surface area contributed by atoms with Crippen LogP contribution >= 0.6 is 0 Å². The van der Waals surface area contributed by atoms with Crippen molar-refractivity contribution in [1.82, 2.24) is 15.1 Å². The molecular formula is C16H18FN3O3. The lowest BCUT2D eigenvalue weighted by molar-refractivity contribution is -0.139. The van der Waals surface area contributed by atoms with Gasteiger partial charge in [0, 0.05) is 5.69 Å². The highest BCUT2D eigenvalue weighted by Gasteiger charge is 2.21. The van der Waals surface area contributed by atoms with Gasteiger partial charge in [0.2, 0.25) is 0 Å². The summed E-state index contributed by atoms with van der Waals surface area (Å²) in [5.41, 5.74) is 1.42. The van der Waals surface area contributed by atoms with Crippen LogP contribution in [-0.2, 0) is 4.79 Å². The molecule has 2 aromatic rings. The first-order valence-corrected chi connectivity index (χ1v) is 7.28. The standard InChI is InChI=1S/C16H18FN3O3/c1-3-4-13(16(22)23)18-15(21)14-9-10(2)20(19-14)12-7-5-11(17)6-8-12/h5-9,13H,3-4H2,1-2H3,(H,18,21)(H,22,23). The maximum Gasteiger partial charge on any atom is 0.326 e. The zero-order valence-corrected chi connectivity index (χ0v) is 12.9. The molecule has 0 fully saturated rings. The van der Waals surface area contributed by atoms with E-state index >= 15 is 0 Å². The van der Waals surface area contributed by atoms with Gasteiger partial charge in [-0.25, -0.2) is 13.9 Å². The molecule has 23 heavy (non-hydrogen) atoms. The normalized spacial score (nSPS) is 12.0. The third kappa shape index (κ3) is 3.94. The molecule has 0 saturated carbocycles. The highest BCUT2D eigenvalue weighted by Crippen LogP contribution is 2.13. The maximum absolute atomic E-state index is 13.0. The summed E-state index contributed by atoms with van der Waals surface area (Å²) in [4.78, 5) is 23.3. The van der Waals surface area contributed by atoms with Gasteiger partial charge in [0.15, 0.2) is 5.69 Å². The Balaban J connectivity index is 2.21. The van der Waals surface area contributed by atoms with Crippen LogP contribution in [0.25, 0.3) is 5.69 Å². The van der Waals surface area contributed by atoms with E-state index in [0.717, 1.165) is 0 Å². The minimum absolute atomic E-state index is 0.120. The third-order valence-electron chi connectivity index (χ3n) is 3.37. The van der Waals surface area contributed by atoms with E-state index in [1.807, 2.05) is 6.92 Å². The predicted octanol–water partition coefficient (Wildman–Crippen LogP) is 2.30. The number of nitrogens with one attached hydrogen (secondary N) is 1. The minimum atomic E-state index is -1.07. The van der Waals surface area contributed by atoms with Gasteiger partial charge in [0.25, 0.3) is 5.91 Å². The van der Waals surface area contributed by atoms with E-state index in [0.29, 0.717) is 24.2 Å². The summed E-state index contributed by atoms with van der Waals surface area (Å²) in [6.07, 6.45) is 0.985. The second-order valence-electron chi connectivity index (χ2n) is 5.21. The van der Waals surface area contributed by atoms with Gasteiger partial charge < -0.3 is 10.4 Å². The van der Waals surface area contributed by atoms with Crippen LogP contribution in [0.15, 0.2) is 30.3 Å². The van der Waals surface area contributed by atoms with Crippen LogP contribution in [0, 0.1) is 12.7 Å². The van der Waals surface area contributed by atoms with E-state index in [1.54, 1.807) is 25.1 Å². The Bertz CT molecular complexity index is 710. The Hall–Kier alpha value is -2.70. The van der Waals surface area contributed by atoms with E-state index < -0.39 is 17.9 Å². The monoisotopic (exact) mass is 319 g/mol. The van der Waals surface area contributed by atoms with Gasteiger partial charge in [-0.2, -0.15) is 5.10 Å². The Morgan fingerprint density at radius 1 is 1.35 bits per heavy atom. The first-order chi connectivity index (χ1) is 10.9. The molecule has 122 valence electrons. The van der Waals surface area contributed by atoms with Gasteiger partial charge in [0.05, 0.1) is 5.69 Å². The highest BCUT2D eigenvalue weighted by atomic mass is 19.1. The Labute approximate surface area is 132 Å². The average molecular weight is 319 g/mol. The molecule has 0 saturated heterocycles. The number of aliphatic carboxylic acids is 1. The van der Waals surface area contributed by atoms with E-state index in [-0.39, 0.29) is 11.5 Å². The fourth-order valence-corrected chi connectivity index (χ4v) is 2.21. The number of nitrogens with zero attached hydrogens (tertiary/aromatic N) is 2. The summed E-state index contributed by atoms with van der Waals surface area (Å²) in [5.74, 6) is -1.98. The first kappa shape index (κ1) is 16.7. The Morgan fingerprint density at radius 2 is 2.00 bits per heavy atom. The lowest BCUT2D eigenvalue weighted by Gasteiger charge is -2.12. The van der Waals surface area contributed by atoms with Crippen molar-refractivity contribution in [2.45, 2.75) is 32.7 Å².